The van der Waals surface area contributed by atoms with E-state index in [9.17, 15) is 9.59 Å². The first-order chi connectivity index (χ1) is 9.56. The molecule has 0 unspecified atom stereocenters. The highest BCUT2D eigenvalue weighted by Gasteiger charge is 2.09. The van der Waals surface area contributed by atoms with Crippen LogP contribution in [-0.2, 0) is 4.79 Å². The van der Waals surface area contributed by atoms with Crippen LogP contribution in [0.2, 0.25) is 0 Å². The van der Waals surface area contributed by atoms with Crippen LogP contribution in [0.3, 0.4) is 0 Å². The van der Waals surface area contributed by atoms with Crippen LogP contribution in [0.5, 0.6) is 0 Å². The van der Waals surface area contributed by atoms with E-state index < -0.39 is 0 Å². The van der Waals surface area contributed by atoms with Gasteiger partial charge in [0.1, 0.15) is 5.82 Å². The molecule has 2 N–H and O–H groups in total. The Bertz CT molecular complexity index is 658. The number of amides is 2. The molecule has 0 fully saturated rings. The van der Waals surface area contributed by atoms with Gasteiger partial charge in [-0.25, -0.2) is 4.98 Å². The number of benzene rings is 1. The summed E-state index contributed by atoms with van der Waals surface area (Å²) >= 11 is 3.36. The number of carbonyl (C=O) groups excluding carboxylic acids is 2. The molecule has 1 heterocycles. The van der Waals surface area contributed by atoms with Crippen molar-refractivity contribution in [3.8, 4) is 0 Å². The third-order valence-electron chi connectivity index (χ3n) is 2.45. The van der Waals surface area contributed by atoms with E-state index in [0.717, 1.165) is 4.47 Å². The Morgan fingerprint density at radius 3 is 2.60 bits per heavy atom. The van der Waals surface area contributed by atoms with Gasteiger partial charge >= 0.3 is 0 Å². The first kappa shape index (κ1) is 14.2. The van der Waals surface area contributed by atoms with Gasteiger partial charge in [-0.2, -0.15) is 0 Å². The molecule has 5 nitrogen and oxygen atoms in total. The van der Waals surface area contributed by atoms with Crippen molar-refractivity contribution in [1.82, 2.24) is 4.98 Å². The summed E-state index contributed by atoms with van der Waals surface area (Å²) in [4.78, 5) is 27.1. The lowest BCUT2D eigenvalue weighted by Gasteiger charge is -2.08. The highest BCUT2D eigenvalue weighted by Crippen LogP contribution is 2.22. The third-order valence-corrected chi connectivity index (χ3v) is 3.14. The van der Waals surface area contributed by atoms with E-state index in [0.29, 0.717) is 17.1 Å². The standard InChI is InChI=1S/C14H12BrN3O2/c1-9(19)17-13-8-10(6-7-16-13)14(20)18-12-5-3-2-4-11(12)15/h2-8H,1H3,(H,18,20)(H,16,17,19). The molecule has 2 rings (SSSR count). The Balaban J connectivity index is 2.17. The fraction of sp³-hybridized carbons (Fsp3) is 0.0714. The van der Waals surface area contributed by atoms with E-state index in [4.69, 9.17) is 0 Å². The molecule has 0 saturated heterocycles. The van der Waals surface area contributed by atoms with Crippen LogP contribution in [0.25, 0.3) is 0 Å². The predicted molar refractivity (Wildman–Crippen MR) is 80.6 cm³/mol. The summed E-state index contributed by atoms with van der Waals surface area (Å²) in [6.07, 6.45) is 1.47. The van der Waals surface area contributed by atoms with Gasteiger partial charge < -0.3 is 10.6 Å². The Morgan fingerprint density at radius 1 is 1.15 bits per heavy atom. The van der Waals surface area contributed by atoms with E-state index in [-0.39, 0.29) is 11.8 Å². The summed E-state index contributed by atoms with van der Waals surface area (Å²) in [6.45, 7) is 1.38. The predicted octanol–water partition coefficient (Wildman–Crippen LogP) is 3.05. The van der Waals surface area contributed by atoms with Crippen LogP contribution in [0, 0.1) is 0 Å². The zero-order valence-electron chi connectivity index (χ0n) is 10.7. The van der Waals surface area contributed by atoms with E-state index in [2.05, 4.69) is 31.5 Å². The first-order valence-electron chi connectivity index (χ1n) is 5.86. The van der Waals surface area contributed by atoms with Gasteiger partial charge in [-0.1, -0.05) is 12.1 Å². The summed E-state index contributed by atoms with van der Waals surface area (Å²) in [6, 6.07) is 10.4. The molecule has 20 heavy (non-hydrogen) atoms. The molecule has 6 heteroatoms. The lowest BCUT2D eigenvalue weighted by Crippen LogP contribution is -2.14. The van der Waals surface area contributed by atoms with Gasteiger partial charge in [0.15, 0.2) is 0 Å². The van der Waals surface area contributed by atoms with Crippen molar-refractivity contribution < 1.29 is 9.59 Å². The van der Waals surface area contributed by atoms with Crippen LogP contribution in [-0.4, -0.2) is 16.8 Å². The molecular weight excluding hydrogens is 322 g/mol. The third kappa shape index (κ3) is 3.64. The monoisotopic (exact) mass is 333 g/mol. The minimum atomic E-state index is -0.272. The number of para-hydroxylation sites is 1. The Labute approximate surface area is 124 Å². The highest BCUT2D eigenvalue weighted by atomic mass is 79.9. The van der Waals surface area contributed by atoms with E-state index >= 15 is 0 Å². The number of hydrogen-bond donors (Lipinski definition) is 2. The summed E-state index contributed by atoms with van der Waals surface area (Å²) < 4.78 is 0.796. The maximum absolute atomic E-state index is 12.1. The normalized spacial score (nSPS) is 9.90. The smallest absolute Gasteiger partial charge is 0.255 e. The van der Waals surface area contributed by atoms with Gasteiger partial charge in [0.05, 0.1) is 5.69 Å². The topological polar surface area (TPSA) is 71.1 Å². The van der Waals surface area contributed by atoms with Crippen molar-refractivity contribution in [2.45, 2.75) is 6.92 Å². The van der Waals surface area contributed by atoms with Crippen molar-refractivity contribution in [2.75, 3.05) is 10.6 Å². The maximum atomic E-state index is 12.1. The van der Waals surface area contributed by atoms with Gasteiger partial charge in [0.25, 0.3) is 5.91 Å². The second-order valence-electron chi connectivity index (χ2n) is 4.04. The molecule has 0 bridgehead atoms. The van der Waals surface area contributed by atoms with Crippen LogP contribution in [0.4, 0.5) is 11.5 Å². The lowest BCUT2D eigenvalue weighted by molar-refractivity contribution is -0.114. The van der Waals surface area contributed by atoms with Crippen molar-refractivity contribution in [3.05, 3.63) is 52.6 Å². The average Bonchev–Trinajstić information content (AvgIpc) is 2.41. The molecule has 102 valence electrons. The number of pyridine rings is 1. The van der Waals surface area contributed by atoms with Crippen molar-refractivity contribution >= 4 is 39.2 Å². The van der Waals surface area contributed by atoms with E-state index in [1.807, 2.05) is 18.2 Å². The Kier molecular flexibility index (Phi) is 4.47. The molecule has 1 aromatic heterocycles. The van der Waals surface area contributed by atoms with Gasteiger partial charge in [0, 0.05) is 23.2 Å². The number of hydrogen-bond acceptors (Lipinski definition) is 3. The molecule has 2 aromatic rings. The molecule has 0 atom stereocenters. The molecule has 0 aliphatic rings. The number of aromatic nitrogens is 1. The number of rotatable bonds is 3. The van der Waals surface area contributed by atoms with Gasteiger partial charge in [-0.15, -0.1) is 0 Å². The van der Waals surface area contributed by atoms with Crippen molar-refractivity contribution in [1.29, 1.82) is 0 Å². The fourth-order valence-corrected chi connectivity index (χ4v) is 1.96. The summed E-state index contributed by atoms with van der Waals surface area (Å²) in [5.41, 5.74) is 1.09. The fourth-order valence-electron chi connectivity index (χ4n) is 1.58. The van der Waals surface area contributed by atoms with Crippen LogP contribution in [0.15, 0.2) is 47.1 Å². The SMILES string of the molecule is CC(=O)Nc1cc(C(=O)Nc2ccccc2Br)ccn1. The van der Waals surface area contributed by atoms with Gasteiger partial charge in [0.2, 0.25) is 5.91 Å². The second kappa shape index (κ2) is 6.29. The van der Waals surface area contributed by atoms with Crippen LogP contribution in [0.1, 0.15) is 17.3 Å². The molecule has 2 amide bonds. The minimum absolute atomic E-state index is 0.235. The van der Waals surface area contributed by atoms with Crippen LogP contribution < -0.4 is 10.6 Å². The molecule has 0 radical (unpaired) electrons. The molecule has 0 saturated carbocycles. The summed E-state index contributed by atoms with van der Waals surface area (Å²) in [7, 11) is 0. The number of halogens is 1. The Morgan fingerprint density at radius 2 is 1.90 bits per heavy atom. The quantitative estimate of drug-likeness (QED) is 0.906. The zero-order chi connectivity index (χ0) is 14.5. The first-order valence-corrected chi connectivity index (χ1v) is 6.65. The molecular formula is C14H12BrN3O2. The average molecular weight is 334 g/mol. The lowest BCUT2D eigenvalue weighted by atomic mass is 10.2. The summed E-state index contributed by atoms with van der Waals surface area (Å²) in [5, 5.41) is 5.32. The Hall–Kier alpha value is -2.21. The number of anilines is 2. The zero-order valence-corrected chi connectivity index (χ0v) is 12.3. The minimum Gasteiger partial charge on any atom is -0.321 e. The maximum Gasteiger partial charge on any atom is 0.255 e. The highest BCUT2D eigenvalue weighted by molar-refractivity contribution is 9.10. The number of nitrogens with zero attached hydrogens (tertiary/aromatic N) is 1. The molecule has 0 spiro atoms. The molecule has 0 aliphatic carbocycles. The number of nitrogens with one attached hydrogen (secondary N) is 2. The van der Waals surface area contributed by atoms with E-state index in [1.54, 1.807) is 12.1 Å². The van der Waals surface area contributed by atoms with Gasteiger partial charge in [-0.05, 0) is 40.2 Å². The van der Waals surface area contributed by atoms with Crippen LogP contribution >= 0.6 is 15.9 Å². The van der Waals surface area contributed by atoms with Crippen molar-refractivity contribution in [3.63, 3.8) is 0 Å². The molecule has 0 aliphatic heterocycles. The largest absolute Gasteiger partial charge is 0.321 e. The van der Waals surface area contributed by atoms with E-state index in [1.165, 1.54) is 19.2 Å². The summed E-state index contributed by atoms with van der Waals surface area (Å²) in [5.74, 6) is -0.163. The second-order valence-corrected chi connectivity index (χ2v) is 4.90. The van der Waals surface area contributed by atoms with Gasteiger partial charge in [-0.3, -0.25) is 9.59 Å². The number of carbonyl (C=O) groups is 2. The van der Waals surface area contributed by atoms with Crippen molar-refractivity contribution in [2.24, 2.45) is 0 Å². The molecule has 1 aromatic carbocycles.